The summed E-state index contributed by atoms with van der Waals surface area (Å²) in [6.07, 6.45) is 0. The van der Waals surface area contributed by atoms with E-state index < -0.39 is 10.0 Å². The number of benzene rings is 1. The smallest absolute Gasteiger partial charge is 0.243 e. The molecule has 1 aromatic heterocycles. The van der Waals surface area contributed by atoms with Gasteiger partial charge in [0.25, 0.3) is 0 Å². The highest BCUT2D eigenvalue weighted by molar-refractivity contribution is 7.89. The molecule has 0 atom stereocenters. The summed E-state index contributed by atoms with van der Waals surface area (Å²) in [5.74, 6) is 1.09. The molecule has 9 heteroatoms. The summed E-state index contributed by atoms with van der Waals surface area (Å²) in [5, 5.41) is 9.60. The molecule has 7 nitrogen and oxygen atoms in total. The highest BCUT2D eigenvalue weighted by Gasteiger charge is 2.22. The van der Waals surface area contributed by atoms with E-state index in [1.54, 1.807) is 37.6 Å². The molecule has 0 spiro atoms. The van der Waals surface area contributed by atoms with Gasteiger partial charge in [-0.2, -0.15) is 4.31 Å². The molecule has 1 heterocycles. The monoisotopic (exact) mass is 437 g/mol. The lowest BCUT2D eigenvalue weighted by Crippen LogP contribution is -2.36. The lowest BCUT2D eigenvalue weighted by molar-refractivity contribution is 0.410. The van der Waals surface area contributed by atoms with Crippen LogP contribution in [-0.2, 0) is 23.1 Å². The molecule has 0 aliphatic heterocycles. The standard InChI is InChI=1S/C20H31N5O2S2/c1-14(2)18-13-28-19(24-18)12-23-20(21-5)22-11-16-7-9-17(10-8-16)29(26,27)25(6)15(3)4/h7-10,13-15H,11-12H2,1-6H3,(H2,21,22,23). The van der Waals surface area contributed by atoms with E-state index in [1.165, 1.54) is 4.31 Å². The van der Waals surface area contributed by atoms with Gasteiger partial charge in [-0.05, 0) is 37.5 Å². The average Bonchev–Trinajstić information content (AvgIpc) is 3.17. The van der Waals surface area contributed by atoms with Crippen LogP contribution in [0.1, 0.15) is 49.9 Å². The SMILES string of the molecule is CN=C(NCc1ccc(S(=O)(=O)N(C)C(C)C)cc1)NCc1nc(C(C)C)cs1. The zero-order chi connectivity index (χ0) is 21.6. The summed E-state index contributed by atoms with van der Waals surface area (Å²) in [7, 11) is -0.152. The Kier molecular flexibility index (Phi) is 8.18. The molecule has 1 aromatic carbocycles. The van der Waals surface area contributed by atoms with E-state index in [0.29, 0.717) is 29.9 Å². The molecule has 29 heavy (non-hydrogen) atoms. The van der Waals surface area contributed by atoms with E-state index >= 15 is 0 Å². The largest absolute Gasteiger partial charge is 0.352 e. The minimum absolute atomic E-state index is 0.0924. The number of guanidine groups is 1. The zero-order valence-electron chi connectivity index (χ0n) is 17.9. The molecule has 0 aliphatic carbocycles. The van der Waals surface area contributed by atoms with Gasteiger partial charge in [-0.1, -0.05) is 26.0 Å². The number of hydrogen-bond donors (Lipinski definition) is 2. The fourth-order valence-corrected chi connectivity index (χ4v) is 4.72. The van der Waals surface area contributed by atoms with Crippen molar-refractivity contribution in [2.75, 3.05) is 14.1 Å². The van der Waals surface area contributed by atoms with Crippen LogP contribution in [0.5, 0.6) is 0 Å². The predicted molar refractivity (Wildman–Crippen MR) is 120 cm³/mol. The first kappa shape index (κ1) is 23.3. The Bertz CT molecular complexity index is 919. The summed E-state index contributed by atoms with van der Waals surface area (Å²) in [5.41, 5.74) is 2.07. The molecule has 0 radical (unpaired) electrons. The van der Waals surface area contributed by atoms with Crippen molar-refractivity contribution in [3.63, 3.8) is 0 Å². The highest BCUT2D eigenvalue weighted by atomic mass is 32.2. The molecule has 0 amide bonds. The maximum Gasteiger partial charge on any atom is 0.243 e. The van der Waals surface area contributed by atoms with Gasteiger partial charge in [0, 0.05) is 32.1 Å². The number of nitrogens with one attached hydrogen (secondary N) is 2. The number of rotatable bonds is 8. The van der Waals surface area contributed by atoms with Gasteiger partial charge >= 0.3 is 0 Å². The van der Waals surface area contributed by atoms with Crippen molar-refractivity contribution in [2.45, 2.75) is 57.6 Å². The van der Waals surface area contributed by atoms with Crippen LogP contribution in [0.2, 0.25) is 0 Å². The highest BCUT2D eigenvalue weighted by Crippen LogP contribution is 2.18. The number of thiazole rings is 1. The summed E-state index contributed by atoms with van der Waals surface area (Å²) >= 11 is 1.64. The van der Waals surface area contributed by atoms with Crippen LogP contribution in [-0.4, -0.2) is 43.8 Å². The van der Waals surface area contributed by atoms with Gasteiger partial charge in [0.1, 0.15) is 5.01 Å². The summed E-state index contributed by atoms with van der Waals surface area (Å²) in [6.45, 7) is 9.10. The van der Waals surface area contributed by atoms with Gasteiger partial charge in [-0.25, -0.2) is 13.4 Å². The summed E-state index contributed by atoms with van der Waals surface area (Å²) in [6, 6.07) is 6.83. The van der Waals surface area contributed by atoms with Gasteiger partial charge in [0.05, 0.1) is 17.1 Å². The Morgan fingerprint density at radius 1 is 1.14 bits per heavy atom. The van der Waals surface area contributed by atoms with Gasteiger partial charge in [-0.15, -0.1) is 11.3 Å². The van der Waals surface area contributed by atoms with Crippen LogP contribution in [0.15, 0.2) is 39.5 Å². The lowest BCUT2D eigenvalue weighted by atomic mass is 10.2. The normalized spacial score (nSPS) is 12.8. The molecule has 0 saturated carbocycles. The lowest BCUT2D eigenvalue weighted by Gasteiger charge is -2.21. The summed E-state index contributed by atoms with van der Waals surface area (Å²) in [4.78, 5) is 9.13. The first-order chi connectivity index (χ1) is 13.6. The maximum absolute atomic E-state index is 12.5. The van der Waals surface area contributed by atoms with E-state index in [9.17, 15) is 8.42 Å². The molecule has 2 N–H and O–H groups in total. The van der Waals surface area contributed by atoms with Crippen molar-refractivity contribution in [3.8, 4) is 0 Å². The Morgan fingerprint density at radius 2 is 1.76 bits per heavy atom. The zero-order valence-corrected chi connectivity index (χ0v) is 19.6. The van der Waals surface area contributed by atoms with Crippen LogP contribution < -0.4 is 10.6 Å². The Labute approximate surface area is 178 Å². The molecule has 2 aromatic rings. The molecule has 0 unspecified atom stereocenters. The van der Waals surface area contributed by atoms with Crippen LogP contribution in [0.4, 0.5) is 0 Å². The van der Waals surface area contributed by atoms with Crippen molar-refractivity contribution >= 4 is 27.3 Å². The van der Waals surface area contributed by atoms with Crippen LogP contribution in [0, 0.1) is 0 Å². The van der Waals surface area contributed by atoms with Gasteiger partial charge in [-0.3, -0.25) is 4.99 Å². The Hall–Kier alpha value is -1.97. The molecular formula is C20H31N5O2S2. The third-order valence-electron chi connectivity index (χ3n) is 4.58. The number of aromatic nitrogens is 1. The second kappa shape index (κ2) is 10.2. The number of hydrogen-bond acceptors (Lipinski definition) is 5. The fourth-order valence-electron chi connectivity index (χ4n) is 2.46. The van der Waals surface area contributed by atoms with Crippen molar-refractivity contribution in [2.24, 2.45) is 4.99 Å². The van der Waals surface area contributed by atoms with Crippen LogP contribution in [0.3, 0.4) is 0 Å². The maximum atomic E-state index is 12.5. The number of sulfonamides is 1. The van der Waals surface area contributed by atoms with Crippen molar-refractivity contribution in [1.29, 1.82) is 0 Å². The topological polar surface area (TPSA) is 86.7 Å². The second-order valence-corrected chi connectivity index (χ2v) is 10.3. The number of nitrogens with zero attached hydrogens (tertiary/aromatic N) is 3. The second-order valence-electron chi connectivity index (χ2n) is 7.36. The van der Waals surface area contributed by atoms with E-state index in [0.717, 1.165) is 16.3 Å². The van der Waals surface area contributed by atoms with Crippen molar-refractivity contribution < 1.29 is 8.42 Å². The van der Waals surface area contributed by atoms with E-state index in [2.05, 4.69) is 39.8 Å². The molecule has 2 rings (SSSR count). The first-order valence-corrected chi connectivity index (χ1v) is 11.9. The minimum Gasteiger partial charge on any atom is -0.352 e. The third kappa shape index (κ3) is 6.25. The van der Waals surface area contributed by atoms with Gasteiger partial charge < -0.3 is 10.6 Å². The average molecular weight is 438 g/mol. The third-order valence-corrected chi connectivity index (χ3v) is 7.49. The molecular weight excluding hydrogens is 406 g/mol. The van der Waals surface area contributed by atoms with Gasteiger partial charge in [0.15, 0.2) is 5.96 Å². The van der Waals surface area contributed by atoms with Crippen molar-refractivity contribution in [1.82, 2.24) is 19.9 Å². The quantitative estimate of drug-likeness (QED) is 0.489. The molecule has 0 bridgehead atoms. The summed E-state index contributed by atoms with van der Waals surface area (Å²) < 4.78 is 26.4. The predicted octanol–water partition coefficient (Wildman–Crippen LogP) is 3.16. The molecule has 0 aliphatic rings. The molecule has 160 valence electrons. The van der Waals surface area contributed by atoms with E-state index in [1.807, 2.05) is 26.0 Å². The van der Waals surface area contributed by atoms with Crippen LogP contribution >= 0.6 is 11.3 Å². The molecule has 0 saturated heterocycles. The Morgan fingerprint density at radius 3 is 2.28 bits per heavy atom. The number of aliphatic imine (C=N–C) groups is 1. The van der Waals surface area contributed by atoms with E-state index in [-0.39, 0.29) is 6.04 Å². The molecule has 0 fully saturated rings. The van der Waals surface area contributed by atoms with Crippen molar-refractivity contribution in [3.05, 3.63) is 45.9 Å². The van der Waals surface area contributed by atoms with Crippen LogP contribution in [0.25, 0.3) is 0 Å². The first-order valence-electron chi connectivity index (χ1n) is 9.61. The van der Waals surface area contributed by atoms with E-state index in [4.69, 9.17) is 0 Å². The van der Waals surface area contributed by atoms with Gasteiger partial charge in [0.2, 0.25) is 10.0 Å². The Balaban J connectivity index is 1.92. The fraction of sp³-hybridized carbons (Fsp3) is 0.500. The minimum atomic E-state index is -3.46.